The van der Waals surface area contributed by atoms with Gasteiger partial charge in [0.2, 0.25) is 5.91 Å². The average Bonchev–Trinajstić information content (AvgIpc) is 2.96. The second-order valence-electron chi connectivity index (χ2n) is 7.35. The average molecular weight is 353 g/mol. The van der Waals surface area contributed by atoms with Gasteiger partial charge < -0.3 is 16.0 Å². The molecule has 6 nitrogen and oxygen atoms in total. The van der Waals surface area contributed by atoms with E-state index in [0.29, 0.717) is 25.4 Å². The van der Waals surface area contributed by atoms with E-state index in [4.69, 9.17) is 5.73 Å². The van der Waals surface area contributed by atoms with Crippen LogP contribution in [0, 0.1) is 6.92 Å². The Morgan fingerprint density at radius 1 is 1.19 bits per heavy atom. The van der Waals surface area contributed by atoms with Gasteiger partial charge in [-0.05, 0) is 36.1 Å². The van der Waals surface area contributed by atoms with E-state index in [1.807, 2.05) is 31.2 Å². The monoisotopic (exact) mass is 353 g/mol. The van der Waals surface area contributed by atoms with Crippen molar-refractivity contribution in [3.63, 3.8) is 0 Å². The molecule has 1 fully saturated rings. The maximum atomic E-state index is 12.4. The summed E-state index contributed by atoms with van der Waals surface area (Å²) in [5.74, 6) is 1.29. The molecule has 1 amide bonds. The molecule has 1 saturated heterocycles. The summed E-state index contributed by atoms with van der Waals surface area (Å²) in [7, 11) is 0. The summed E-state index contributed by atoms with van der Waals surface area (Å²) >= 11 is 0. The van der Waals surface area contributed by atoms with E-state index in [1.165, 1.54) is 5.56 Å². The second-order valence-corrected chi connectivity index (χ2v) is 7.35. The molecule has 3 rings (SSSR count). The standard InChI is InChI=1S/C20H27N5O/c1-13(2)16-7-5-15(6-8-16)10-20(26)22-18-12-25(11-17(18)21)19-9-4-14(3)23-24-19/h4-9,13,17-18H,10-12,21H2,1-3H3,(H,22,26)/t17-,18+/m1/s1. The van der Waals surface area contributed by atoms with Gasteiger partial charge in [0.1, 0.15) is 0 Å². The molecule has 3 N–H and O–H groups in total. The third-order valence-electron chi connectivity index (χ3n) is 4.83. The predicted molar refractivity (Wildman–Crippen MR) is 103 cm³/mol. The molecule has 0 radical (unpaired) electrons. The molecule has 1 aromatic carbocycles. The lowest BCUT2D eigenvalue weighted by molar-refractivity contribution is -0.121. The van der Waals surface area contributed by atoms with E-state index < -0.39 is 0 Å². The minimum atomic E-state index is -0.120. The number of hydrogen-bond donors (Lipinski definition) is 2. The van der Waals surface area contributed by atoms with Crippen LogP contribution in [0.15, 0.2) is 36.4 Å². The molecule has 2 atom stereocenters. The van der Waals surface area contributed by atoms with Gasteiger partial charge in [-0.3, -0.25) is 4.79 Å². The van der Waals surface area contributed by atoms with Gasteiger partial charge in [-0.25, -0.2) is 0 Å². The van der Waals surface area contributed by atoms with Crippen LogP contribution in [0.1, 0.15) is 36.6 Å². The van der Waals surface area contributed by atoms with Crippen molar-refractivity contribution in [2.45, 2.75) is 45.2 Å². The highest BCUT2D eigenvalue weighted by molar-refractivity contribution is 5.79. The zero-order valence-electron chi connectivity index (χ0n) is 15.6. The van der Waals surface area contributed by atoms with Crippen molar-refractivity contribution in [1.82, 2.24) is 15.5 Å². The molecule has 0 unspecified atom stereocenters. The summed E-state index contributed by atoms with van der Waals surface area (Å²) in [6.07, 6.45) is 0.367. The van der Waals surface area contributed by atoms with Crippen LogP contribution in [0.3, 0.4) is 0 Å². The number of carbonyl (C=O) groups is 1. The summed E-state index contributed by atoms with van der Waals surface area (Å²) in [6, 6.07) is 11.9. The van der Waals surface area contributed by atoms with Gasteiger partial charge in [0.15, 0.2) is 5.82 Å². The van der Waals surface area contributed by atoms with Crippen LogP contribution in [-0.4, -0.2) is 41.3 Å². The fraction of sp³-hybridized carbons (Fsp3) is 0.450. The highest BCUT2D eigenvalue weighted by atomic mass is 16.1. The quantitative estimate of drug-likeness (QED) is 0.856. The Kier molecular flexibility index (Phi) is 5.52. The molecule has 0 aliphatic carbocycles. The molecule has 138 valence electrons. The van der Waals surface area contributed by atoms with Crippen LogP contribution in [0.2, 0.25) is 0 Å². The molecule has 1 aliphatic heterocycles. The second kappa shape index (κ2) is 7.83. The SMILES string of the molecule is Cc1ccc(N2C[C@@H](N)[C@@H](NC(=O)Cc3ccc(C(C)C)cc3)C2)nn1. The number of carbonyl (C=O) groups excluding carboxylic acids is 1. The molecule has 0 bridgehead atoms. The summed E-state index contributed by atoms with van der Waals surface area (Å²) in [5.41, 5.74) is 9.40. The number of rotatable bonds is 5. The highest BCUT2D eigenvalue weighted by Gasteiger charge is 2.32. The number of amides is 1. The molecule has 1 aromatic heterocycles. The number of aryl methyl sites for hydroxylation is 1. The van der Waals surface area contributed by atoms with Crippen molar-refractivity contribution in [2.75, 3.05) is 18.0 Å². The van der Waals surface area contributed by atoms with Crippen LogP contribution in [0.5, 0.6) is 0 Å². The number of nitrogens with two attached hydrogens (primary N) is 1. The van der Waals surface area contributed by atoms with E-state index in [0.717, 1.165) is 17.1 Å². The zero-order valence-corrected chi connectivity index (χ0v) is 15.6. The number of anilines is 1. The van der Waals surface area contributed by atoms with Crippen LogP contribution >= 0.6 is 0 Å². The molecule has 6 heteroatoms. The number of nitrogens with one attached hydrogen (secondary N) is 1. The van der Waals surface area contributed by atoms with E-state index in [9.17, 15) is 4.79 Å². The van der Waals surface area contributed by atoms with Crippen LogP contribution < -0.4 is 16.0 Å². The number of aromatic nitrogens is 2. The molecule has 0 spiro atoms. The molecule has 2 aromatic rings. The molecule has 1 aliphatic rings. The Bertz CT molecular complexity index is 742. The lowest BCUT2D eigenvalue weighted by atomic mass is 10.0. The van der Waals surface area contributed by atoms with Crippen LogP contribution in [0.25, 0.3) is 0 Å². The third-order valence-corrected chi connectivity index (χ3v) is 4.83. The van der Waals surface area contributed by atoms with Crippen LogP contribution in [0.4, 0.5) is 5.82 Å². The number of benzene rings is 1. The minimum absolute atomic E-state index is 0.000382. The van der Waals surface area contributed by atoms with Crippen molar-refractivity contribution in [3.8, 4) is 0 Å². The van der Waals surface area contributed by atoms with E-state index in [2.05, 4.69) is 46.4 Å². The van der Waals surface area contributed by atoms with Crippen molar-refractivity contribution < 1.29 is 4.79 Å². The first kappa shape index (κ1) is 18.3. The Morgan fingerprint density at radius 2 is 1.92 bits per heavy atom. The summed E-state index contributed by atoms with van der Waals surface area (Å²) < 4.78 is 0. The third kappa shape index (κ3) is 4.38. The van der Waals surface area contributed by atoms with Crippen molar-refractivity contribution in [1.29, 1.82) is 0 Å². The Hall–Kier alpha value is -2.47. The normalized spacial score (nSPS) is 19.8. The molecule has 2 heterocycles. The number of nitrogens with zero attached hydrogens (tertiary/aromatic N) is 3. The smallest absolute Gasteiger partial charge is 0.224 e. The highest BCUT2D eigenvalue weighted by Crippen LogP contribution is 2.18. The van der Waals surface area contributed by atoms with Gasteiger partial charge in [0.05, 0.1) is 18.2 Å². The van der Waals surface area contributed by atoms with Gasteiger partial charge in [-0.1, -0.05) is 38.1 Å². The van der Waals surface area contributed by atoms with Crippen molar-refractivity contribution in [3.05, 3.63) is 53.2 Å². The summed E-state index contributed by atoms with van der Waals surface area (Å²) in [4.78, 5) is 14.5. The molecular weight excluding hydrogens is 326 g/mol. The fourth-order valence-electron chi connectivity index (χ4n) is 3.19. The largest absolute Gasteiger partial charge is 0.351 e. The summed E-state index contributed by atoms with van der Waals surface area (Å²) in [6.45, 7) is 7.53. The lowest BCUT2D eigenvalue weighted by Gasteiger charge is -2.17. The Balaban J connectivity index is 1.56. The van der Waals surface area contributed by atoms with Gasteiger partial charge in [0.25, 0.3) is 0 Å². The van der Waals surface area contributed by atoms with Gasteiger partial charge in [-0.2, -0.15) is 5.10 Å². The Morgan fingerprint density at radius 3 is 2.54 bits per heavy atom. The van der Waals surface area contributed by atoms with Gasteiger partial charge in [0, 0.05) is 19.1 Å². The first-order chi connectivity index (χ1) is 12.4. The van der Waals surface area contributed by atoms with Crippen molar-refractivity contribution >= 4 is 11.7 Å². The van der Waals surface area contributed by atoms with Gasteiger partial charge in [-0.15, -0.1) is 5.10 Å². The summed E-state index contributed by atoms with van der Waals surface area (Å²) in [5, 5.41) is 11.4. The van der Waals surface area contributed by atoms with E-state index in [-0.39, 0.29) is 18.0 Å². The van der Waals surface area contributed by atoms with Crippen LogP contribution in [-0.2, 0) is 11.2 Å². The molecule has 26 heavy (non-hydrogen) atoms. The zero-order chi connectivity index (χ0) is 18.7. The fourth-order valence-corrected chi connectivity index (χ4v) is 3.19. The van der Waals surface area contributed by atoms with E-state index in [1.54, 1.807) is 0 Å². The maximum Gasteiger partial charge on any atom is 0.224 e. The first-order valence-electron chi connectivity index (χ1n) is 9.11. The van der Waals surface area contributed by atoms with E-state index >= 15 is 0 Å². The molecular formula is C20H27N5O. The first-order valence-corrected chi connectivity index (χ1v) is 9.11. The van der Waals surface area contributed by atoms with Gasteiger partial charge >= 0.3 is 0 Å². The Labute approximate surface area is 154 Å². The van der Waals surface area contributed by atoms with Crippen molar-refractivity contribution in [2.24, 2.45) is 5.73 Å². The predicted octanol–water partition coefficient (Wildman–Crippen LogP) is 1.78. The minimum Gasteiger partial charge on any atom is -0.351 e. The number of hydrogen-bond acceptors (Lipinski definition) is 5. The molecule has 0 saturated carbocycles. The maximum absolute atomic E-state index is 12.4. The lowest BCUT2D eigenvalue weighted by Crippen LogP contribution is -2.47. The topological polar surface area (TPSA) is 84.1 Å².